The van der Waals surface area contributed by atoms with Gasteiger partial charge in [0.1, 0.15) is 5.75 Å². The topological polar surface area (TPSA) is 12.5 Å². The molecule has 0 aliphatic carbocycles. The van der Waals surface area contributed by atoms with Gasteiger partial charge in [0.15, 0.2) is 0 Å². The van der Waals surface area contributed by atoms with Gasteiger partial charge in [0.25, 0.3) is 0 Å². The summed E-state index contributed by atoms with van der Waals surface area (Å²) >= 11 is 0. The molecule has 1 aliphatic rings. The summed E-state index contributed by atoms with van der Waals surface area (Å²) in [5.74, 6) is 1.60. The third-order valence-electron chi connectivity index (χ3n) is 4.79. The summed E-state index contributed by atoms with van der Waals surface area (Å²) in [6, 6.07) is 15.8. The van der Waals surface area contributed by atoms with Crippen LogP contribution < -0.4 is 4.84 Å². The lowest BCUT2D eigenvalue weighted by molar-refractivity contribution is -0.0757. The standard InChI is InChI=1S/C20H24NO/c1-15-13-20(14-16(2)17(15)3)22-21-11-9-19(10-12-21)18-7-5-4-6-8-18/h4-5,7-8,13-14,19H,9-12H2,1-3H3. The Morgan fingerprint density at radius 1 is 1.09 bits per heavy atom. The average molecular weight is 294 g/mol. The molecule has 2 nitrogen and oxygen atoms in total. The van der Waals surface area contributed by atoms with Gasteiger partial charge in [-0.3, -0.25) is 0 Å². The largest absolute Gasteiger partial charge is 0.406 e. The zero-order valence-corrected chi connectivity index (χ0v) is 13.7. The first-order valence-electron chi connectivity index (χ1n) is 8.10. The Labute approximate surface area is 133 Å². The molecule has 2 aromatic carbocycles. The van der Waals surface area contributed by atoms with E-state index in [4.69, 9.17) is 4.84 Å². The summed E-state index contributed by atoms with van der Waals surface area (Å²) in [7, 11) is 0. The molecule has 0 unspecified atom stereocenters. The molecule has 3 rings (SSSR count). The molecule has 1 saturated heterocycles. The predicted octanol–water partition coefficient (Wildman–Crippen LogP) is 4.59. The molecule has 1 fully saturated rings. The van der Waals surface area contributed by atoms with Crippen molar-refractivity contribution < 1.29 is 4.84 Å². The maximum absolute atomic E-state index is 6.08. The molecular weight excluding hydrogens is 270 g/mol. The monoisotopic (exact) mass is 294 g/mol. The van der Waals surface area contributed by atoms with Crippen molar-refractivity contribution >= 4 is 0 Å². The number of hydroxylamine groups is 2. The molecule has 0 bridgehead atoms. The Hall–Kier alpha value is -1.80. The van der Waals surface area contributed by atoms with Crippen molar-refractivity contribution in [1.29, 1.82) is 0 Å². The van der Waals surface area contributed by atoms with E-state index in [1.54, 1.807) is 0 Å². The van der Waals surface area contributed by atoms with Crippen LogP contribution in [-0.2, 0) is 0 Å². The summed E-state index contributed by atoms with van der Waals surface area (Å²) in [6.07, 6.45) is 2.28. The van der Waals surface area contributed by atoms with Gasteiger partial charge in [0, 0.05) is 13.1 Å². The summed E-state index contributed by atoms with van der Waals surface area (Å²) in [5.41, 5.74) is 5.35. The van der Waals surface area contributed by atoms with Gasteiger partial charge in [-0.05, 0) is 80.0 Å². The highest BCUT2D eigenvalue weighted by atomic mass is 16.7. The third kappa shape index (κ3) is 3.33. The number of aryl methyl sites for hydroxylation is 2. The molecule has 0 aromatic heterocycles. The van der Waals surface area contributed by atoms with E-state index in [-0.39, 0.29) is 0 Å². The molecular formula is C20H24NO. The number of rotatable bonds is 3. The highest BCUT2D eigenvalue weighted by Crippen LogP contribution is 2.29. The Morgan fingerprint density at radius 3 is 2.36 bits per heavy atom. The van der Waals surface area contributed by atoms with Crippen LogP contribution >= 0.6 is 0 Å². The maximum Gasteiger partial charge on any atom is 0.148 e. The van der Waals surface area contributed by atoms with Crippen molar-refractivity contribution in [1.82, 2.24) is 5.06 Å². The first-order valence-corrected chi connectivity index (χ1v) is 8.10. The van der Waals surface area contributed by atoms with Crippen LogP contribution in [-0.4, -0.2) is 18.2 Å². The van der Waals surface area contributed by atoms with Gasteiger partial charge in [0.05, 0.1) is 0 Å². The van der Waals surface area contributed by atoms with Gasteiger partial charge in [-0.1, -0.05) is 24.3 Å². The van der Waals surface area contributed by atoms with Crippen molar-refractivity contribution in [2.75, 3.05) is 13.1 Å². The molecule has 22 heavy (non-hydrogen) atoms. The second-order valence-corrected chi connectivity index (χ2v) is 6.31. The minimum absolute atomic E-state index is 0.638. The van der Waals surface area contributed by atoms with Crippen molar-refractivity contribution in [2.24, 2.45) is 0 Å². The third-order valence-corrected chi connectivity index (χ3v) is 4.79. The molecule has 1 heterocycles. The lowest BCUT2D eigenvalue weighted by atomic mass is 9.90. The average Bonchev–Trinajstić information content (AvgIpc) is 2.54. The van der Waals surface area contributed by atoms with Crippen molar-refractivity contribution in [3.8, 4) is 5.75 Å². The van der Waals surface area contributed by atoms with E-state index in [0.29, 0.717) is 5.92 Å². The van der Waals surface area contributed by atoms with Crippen molar-refractivity contribution in [2.45, 2.75) is 39.5 Å². The SMILES string of the molecule is Cc1cc(ON2CCC(c3c[c]ccc3)CC2)cc(C)c1C. The van der Waals surface area contributed by atoms with Crippen LogP contribution in [0.2, 0.25) is 0 Å². The Balaban J connectivity index is 1.60. The summed E-state index contributed by atoms with van der Waals surface area (Å²) in [5, 5.41) is 2.10. The minimum atomic E-state index is 0.638. The first-order chi connectivity index (χ1) is 10.6. The Bertz CT molecular complexity index is 604. The van der Waals surface area contributed by atoms with Crippen LogP contribution in [0.15, 0.2) is 36.4 Å². The lowest BCUT2D eigenvalue weighted by Gasteiger charge is -2.31. The zero-order chi connectivity index (χ0) is 15.5. The molecule has 0 saturated carbocycles. The van der Waals surface area contributed by atoms with E-state index in [9.17, 15) is 0 Å². The van der Waals surface area contributed by atoms with Crippen LogP contribution in [0.3, 0.4) is 0 Å². The number of piperidine rings is 1. The highest BCUT2D eigenvalue weighted by molar-refractivity contribution is 5.40. The summed E-state index contributed by atoms with van der Waals surface area (Å²) in [6.45, 7) is 8.41. The fourth-order valence-electron chi connectivity index (χ4n) is 3.14. The Kier molecular flexibility index (Phi) is 4.49. The van der Waals surface area contributed by atoms with Gasteiger partial charge in [0.2, 0.25) is 0 Å². The van der Waals surface area contributed by atoms with Crippen LogP contribution in [0.4, 0.5) is 0 Å². The van der Waals surface area contributed by atoms with Crippen molar-refractivity contribution in [3.05, 3.63) is 64.7 Å². The lowest BCUT2D eigenvalue weighted by Crippen LogP contribution is -2.35. The number of benzene rings is 2. The molecule has 1 radical (unpaired) electrons. The minimum Gasteiger partial charge on any atom is -0.406 e. The van der Waals surface area contributed by atoms with Crippen LogP contribution in [0, 0.1) is 26.8 Å². The predicted molar refractivity (Wildman–Crippen MR) is 90.1 cm³/mol. The number of nitrogens with zero attached hydrogens (tertiary/aromatic N) is 1. The van der Waals surface area contributed by atoms with E-state index in [1.165, 1.54) is 22.3 Å². The quantitative estimate of drug-likeness (QED) is 0.821. The van der Waals surface area contributed by atoms with Crippen molar-refractivity contribution in [3.63, 3.8) is 0 Å². The molecule has 2 heteroatoms. The first kappa shape index (κ1) is 15.1. The molecule has 1 aliphatic heterocycles. The number of hydrogen-bond acceptors (Lipinski definition) is 2. The molecule has 115 valence electrons. The van der Waals surface area contributed by atoms with E-state index in [2.05, 4.69) is 62.2 Å². The highest BCUT2D eigenvalue weighted by Gasteiger charge is 2.21. The summed E-state index contributed by atoms with van der Waals surface area (Å²) < 4.78 is 0. The number of hydrogen-bond donors (Lipinski definition) is 0. The van der Waals surface area contributed by atoms with Crippen LogP contribution in [0.5, 0.6) is 5.75 Å². The molecule has 0 atom stereocenters. The van der Waals surface area contributed by atoms with E-state index < -0.39 is 0 Å². The van der Waals surface area contributed by atoms with Gasteiger partial charge in [-0.15, -0.1) is 5.06 Å². The van der Waals surface area contributed by atoms with Gasteiger partial charge < -0.3 is 4.84 Å². The van der Waals surface area contributed by atoms with Crippen LogP contribution in [0.1, 0.15) is 41.0 Å². The van der Waals surface area contributed by atoms with Gasteiger partial charge in [-0.25, -0.2) is 0 Å². The summed E-state index contributed by atoms with van der Waals surface area (Å²) in [4.78, 5) is 6.08. The molecule has 0 spiro atoms. The maximum atomic E-state index is 6.08. The molecule has 0 N–H and O–H groups in total. The van der Waals surface area contributed by atoms with E-state index in [0.717, 1.165) is 31.7 Å². The normalized spacial score (nSPS) is 16.7. The van der Waals surface area contributed by atoms with E-state index >= 15 is 0 Å². The van der Waals surface area contributed by atoms with Gasteiger partial charge >= 0.3 is 0 Å². The zero-order valence-electron chi connectivity index (χ0n) is 13.7. The molecule has 2 aromatic rings. The fourth-order valence-corrected chi connectivity index (χ4v) is 3.14. The second-order valence-electron chi connectivity index (χ2n) is 6.31. The smallest absolute Gasteiger partial charge is 0.148 e. The van der Waals surface area contributed by atoms with E-state index in [1.807, 2.05) is 6.07 Å². The fraction of sp³-hybridized carbons (Fsp3) is 0.400. The molecule has 0 amide bonds. The van der Waals surface area contributed by atoms with Gasteiger partial charge in [-0.2, -0.15) is 0 Å². The Morgan fingerprint density at radius 2 is 1.77 bits per heavy atom. The second kappa shape index (κ2) is 6.53. The van der Waals surface area contributed by atoms with Crippen LogP contribution in [0.25, 0.3) is 0 Å².